The van der Waals surface area contributed by atoms with E-state index in [1.165, 1.54) is 11.0 Å². The number of halogens is 1. The molecule has 1 unspecified atom stereocenters. The maximum Gasteiger partial charge on any atom is 0.411 e. The van der Waals surface area contributed by atoms with E-state index in [4.69, 9.17) is 4.74 Å². The Labute approximate surface area is 206 Å². The summed E-state index contributed by atoms with van der Waals surface area (Å²) in [7, 11) is 0. The summed E-state index contributed by atoms with van der Waals surface area (Å²) in [6.45, 7) is 9.79. The molecule has 3 amide bonds. The van der Waals surface area contributed by atoms with Crippen LogP contribution in [-0.4, -0.2) is 41.0 Å². The molecule has 0 radical (unpaired) electrons. The molecule has 3 rings (SSSR count). The number of amides is 3. The zero-order valence-electron chi connectivity index (χ0n) is 21.0. The van der Waals surface area contributed by atoms with Crippen molar-refractivity contribution in [3.63, 3.8) is 0 Å². The first-order valence-electron chi connectivity index (χ1n) is 11.8. The fourth-order valence-corrected chi connectivity index (χ4v) is 3.98. The Morgan fingerprint density at radius 2 is 1.77 bits per heavy atom. The molecule has 0 spiro atoms. The van der Waals surface area contributed by atoms with Crippen molar-refractivity contribution >= 4 is 23.6 Å². The van der Waals surface area contributed by atoms with Gasteiger partial charge in [-0.1, -0.05) is 50.2 Å². The third-order valence-corrected chi connectivity index (χ3v) is 5.54. The predicted molar refractivity (Wildman–Crippen MR) is 132 cm³/mol. The number of benzene rings is 2. The molecular weight excluding hydrogens is 449 g/mol. The molecule has 2 aromatic rings. The number of ether oxygens (including phenoxy) is 1. The lowest BCUT2D eigenvalue weighted by molar-refractivity contribution is -0.130. The largest absolute Gasteiger partial charge is 0.444 e. The van der Waals surface area contributed by atoms with E-state index in [2.05, 4.69) is 5.32 Å². The average molecular weight is 484 g/mol. The van der Waals surface area contributed by atoms with Crippen LogP contribution in [-0.2, 0) is 27.4 Å². The van der Waals surface area contributed by atoms with Gasteiger partial charge in [-0.15, -0.1) is 0 Å². The van der Waals surface area contributed by atoms with Gasteiger partial charge in [-0.2, -0.15) is 0 Å². The summed E-state index contributed by atoms with van der Waals surface area (Å²) in [6, 6.07) is 12.5. The van der Waals surface area contributed by atoms with Crippen molar-refractivity contribution in [2.75, 3.05) is 11.4 Å². The molecule has 188 valence electrons. The highest BCUT2D eigenvalue weighted by molar-refractivity contribution is 6.02. The molecule has 0 saturated carbocycles. The lowest BCUT2D eigenvalue weighted by Gasteiger charge is -2.32. The van der Waals surface area contributed by atoms with Crippen LogP contribution in [0.3, 0.4) is 0 Å². The van der Waals surface area contributed by atoms with Crippen LogP contribution in [0.4, 0.5) is 14.9 Å². The predicted octanol–water partition coefficient (Wildman–Crippen LogP) is 4.64. The van der Waals surface area contributed by atoms with Gasteiger partial charge in [-0.05, 0) is 44.4 Å². The van der Waals surface area contributed by atoms with E-state index in [1.807, 2.05) is 38.1 Å². The molecule has 0 aliphatic carbocycles. The van der Waals surface area contributed by atoms with E-state index in [1.54, 1.807) is 43.9 Å². The number of fused-ring (bicyclic) bond motifs is 1. The van der Waals surface area contributed by atoms with Crippen LogP contribution in [0.1, 0.15) is 52.2 Å². The summed E-state index contributed by atoms with van der Waals surface area (Å²) in [5, 5.41) is 2.68. The van der Waals surface area contributed by atoms with Gasteiger partial charge in [-0.3, -0.25) is 14.5 Å². The van der Waals surface area contributed by atoms with E-state index in [0.29, 0.717) is 17.8 Å². The summed E-state index contributed by atoms with van der Waals surface area (Å²) in [5.41, 5.74) is 1.07. The molecule has 7 nitrogen and oxygen atoms in total. The summed E-state index contributed by atoms with van der Waals surface area (Å²) in [4.78, 5) is 42.9. The second-order valence-electron chi connectivity index (χ2n) is 10.2. The first-order valence-corrected chi connectivity index (χ1v) is 11.8. The van der Waals surface area contributed by atoms with Crippen LogP contribution in [0.2, 0.25) is 0 Å². The van der Waals surface area contributed by atoms with Gasteiger partial charge >= 0.3 is 6.09 Å². The maximum absolute atomic E-state index is 14.0. The van der Waals surface area contributed by atoms with Gasteiger partial charge < -0.3 is 15.0 Å². The van der Waals surface area contributed by atoms with E-state index in [9.17, 15) is 18.8 Å². The topological polar surface area (TPSA) is 79.0 Å². The SMILES string of the molecule is CC(C)CN1C(=O)C(CC(=O)NCc2ccccc2F)N(C(=O)OC(C)(C)C)Cc2ccccc21. The minimum Gasteiger partial charge on any atom is -0.444 e. The quantitative estimate of drug-likeness (QED) is 0.649. The Morgan fingerprint density at radius 3 is 2.43 bits per heavy atom. The van der Waals surface area contributed by atoms with Crippen LogP contribution < -0.4 is 10.2 Å². The number of hydrogen-bond acceptors (Lipinski definition) is 4. The van der Waals surface area contributed by atoms with E-state index >= 15 is 0 Å². The lowest BCUT2D eigenvalue weighted by Crippen LogP contribution is -2.52. The highest BCUT2D eigenvalue weighted by atomic mass is 19.1. The maximum atomic E-state index is 14.0. The van der Waals surface area contributed by atoms with E-state index in [-0.39, 0.29) is 31.3 Å². The van der Waals surface area contributed by atoms with Gasteiger partial charge in [0.25, 0.3) is 0 Å². The number of carbonyl (C=O) groups is 3. The second-order valence-corrected chi connectivity index (χ2v) is 10.2. The Morgan fingerprint density at radius 1 is 1.11 bits per heavy atom. The highest BCUT2D eigenvalue weighted by Gasteiger charge is 2.40. The molecule has 1 heterocycles. The fourth-order valence-electron chi connectivity index (χ4n) is 3.98. The molecule has 1 atom stereocenters. The summed E-state index contributed by atoms with van der Waals surface area (Å²) < 4.78 is 19.6. The van der Waals surface area contributed by atoms with E-state index in [0.717, 1.165) is 5.56 Å². The minimum atomic E-state index is -1.07. The van der Waals surface area contributed by atoms with Gasteiger partial charge in [0.1, 0.15) is 17.5 Å². The van der Waals surface area contributed by atoms with Crippen molar-refractivity contribution in [2.24, 2.45) is 5.92 Å². The van der Waals surface area contributed by atoms with Crippen LogP contribution in [0.25, 0.3) is 0 Å². The second kappa shape index (κ2) is 10.9. The first kappa shape index (κ1) is 26.2. The van der Waals surface area contributed by atoms with Gasteiger partial charge in [0, 0.05) is 24.3 Å². The fraction of sp³-hybridized carbons (Fsp3) is 0.444. The molecule has 1 N–H and O–H groups in total. The summed E-state index contributed by atoms with van der Waals surface area (Å²) in [5.74, 6) is -1.07. The Kier molecular flexibility index (Phi) is 8.14. The van der Waals surface area contributed by atoms with Crippen molar-refractivity contribution in [1.29, 1.82) is 0 Å². The zero-order valence-corrected chi connectivity index (χ0v) is 21.0. The lowest BCUT2D eigenvalue weighted by atomic mass is 10.1. The Bertz CT molecular complexity index is 1080. The average Bonchev–Trinajstić information content (AvgIpc) is 2.88. The van der Waals surface area contributed by atoms with Crippen LogP contribution >= 0.6 is 0 Å². The van der Waals surface area contributed by atoms with Gasteiger partial charge in [0.15, 0.2) is 0 Å². The van der Waals surface area contributed by atoms with Crippen LogP contribution in [0.15, 0.2) is 48.5 Å². The molecule has 35 heavy (non-hydrogen) atoms. The number of nitrogens with one attached hydrogen (secondary N) is 1. The molecule has 0 fully saturated rings. The van der Waals surface area contributed by atoms with Crippen molar-refractivity contribution in [3.05, 3.63) is 65.5 Å². The number of para-hydroxylation sites is 1. The molecule has 1 aliphatic rings. The third-order valence-electron chi connectivity index (χ3n) is 5.54. The number of anilines is 1. The Hall–Kier alpha value is -3.42. The van der Waals surface area contributed by atoms with Crippen molar-refractivity contribution in [2.45, 2.75) is 65.8 Å². The monoisotopic (exact) mass is 483 g/mol. The normalized spacial score (nSPS) is 16.1. The zero-order chi connectivity index (χ0) is 25.8. The molecule has 0 saturated heterocycles. The summed E-state index contributed by atoms with van der Waals surface area (Å²) >= 11 is 0. The van der Waals surface area contributed by atoms with Gasteiger partial charge in [0.05, 0.1) is 13.0 Å². The number of hydrogen-bond donors (Lipinski definition) is 1. The van der Waals surface area contributed by atoms with Crippen molar-refractivity contribution in [1.82, 2.24) is 10.2 Å². The van der Waals surface area contributed by atoms with Crippen molar-refractivity contribution in [3.8, 4) is 0 Å². The summed E-state index contributed by atoms with van der Waals surface area (Å²) in [6.07, 6.45) is -0.936. The number of nitrogens with zero attached hydrogens (tertiary/aromatic N) is 2. The standard InChI is InChI=1S/C27H34FN3O4/c1-18(2)16-30-22-13-9-7-11-20(22)17-31(26(34)35-27(3,4)5)23(25(30)33)14-24(32)29-15-19-10-6-8-12-21(19)28/h6-13,18,23H,14-17H2,1-5H3,(H,29,32). The van der Waals surface area contributed by atoms with Gasteiger partial charge in [0.2, 0.25) is 11.8 Å². The molecular formula is C27H34FN3O4. The van der Waals surface area contributed by atoms with Crippen molar-refractivity contribution < 1.29 is 23.5 Å². The highest BCUT2D eigenvalue weighted by Crippen LogP contribution is 2.31. The molecule has 8 heteroatoms. The third kappa shape index (κ3) is 6.81. The molecule has 0 bridgehead atoms. The smallest absolute Gasteiger partial charge is 0.411 e. The number of rotatable bonds is 6. The minimum absolute atomic E-state index is 0.0191. The van der Waals surface area contributed by atoms with Crippen LogP contribution in [0.5, 0.6) is 0 Å². The Balaban J connectivity index is 1.92. The number of carbonyl (C=O) groups excluding carboxylic acids is 3. The molecule has 2 aromatic carbocycles. The first-order chi connectivity index (χ1) is 16.5. The van der Waals surface area contributed by atoms with Gasteiger partial charge in [-0.25, -0.2) is 9.18 Å². The molecule has 1 aliphatic heterocycles. The van der Waals surface area contributed by atoms with E-state index < -0.39 is 29.5 Å². The van der Waals surface area contributed by atoms with Crippen LogP contribution in [0, 0.1) is 11.7 Å². The molecule has 0 aromatic heterocycles.